The topological polar surface area (TPSA) is 63.4 Å². The summed E-state index contributed by atoms with van der Waals surface area (Å²) in [4.78, 5) is 4.90. The lowest BCUT2D eigenvalue weighted by Gasteiger charge is -2.19. The van der Waals surface area contributed by atoms with Crippen molar-refractivity contribution in [3.8, 4) is 11.5 Å². The summed E-state index contributed by atoms with van der Waals surface area (Å²) in [5, 5.41) is 1.43. The Kier molecular flexibility index (Phi) is 4.45. The zero-order chi connectivity index (χ0) is 19.0. The third kappa shape index (κ3) is 2.91. The van der Waals surface area contributed by atoms with Gasteiger partial charge in [0, 0.05) is 35.5 Å². The maximum absolute atomic E-state index is 13.2. The summed E-state index contributed by atoms with van der Waals surface area (Å²) >= 11 is 0. The molecular formula is C21H20N2O3S. The molecule has 0 amide bonds. The Morgan fingerprint density at radius 3 is 2.22 bits per heavy atom. The quantitative estimate of drug-likeness (QED) is 0.504. The van der Waals surface area contributed by atoms with Crippen molar-refractivity contribution in [3.63, 3.8) is 0 Å². The Labute approximate surface area is 158 Å². The Bertz CT molecular complexity index is 1210. The fourth-order valence-corrected chi connectivity index (χ4v) is 5.01. The maximum Gasteiger partial charge on any atom is 0.243 e. The lowest BCUT2D eigenvalue weighted by Crippen LogP contribution is -2.30. The van der Waals surface area contributed by atoms with Crippen LogP contribution in [0.3, 0.4) is 0 Å². The molecule has 0 aliphatic carbocycles. The Morgan fingerprint density at radius 1 is 0.926 bits per heavy atom. The highest BCUT2D eigenvalue weighted by molar-refractivity contribution is 7.89. The number of oxazole rings is 1. The first-order chi connectivity index (χ1) is 13.1. The van der Waals surface area contributed by atoms with E-state index in [-0.39, 0.29) is 4.90 Å². The predicted molar refractivity (Wildman–Crippen MR) is 107 cm³/mol. The molecule has 0 aliphatic rings. The summed E-state index contributed by atoms with van der Waals surface area (Å²) in [7, 11) is -3.63. The highest BCUT2D eigenvalue weighted by Crippen LogP contribution is 2.35. The van der Waals surface area contributed by atoms with E-state index >= 15 is 0 Å². The van der Waals surface area contributed by atoms with Crippen LogP contribution in [0.25, 0.3) is 33.3 Å². The van der Waals surface area contributed by atoms with Crippen molar-refractivity contribution >= 4 is 31.9 Å². The first-order valence-corrected chi connectivity index (χ1v) is 10.4. The van der Waals surface area contributed by atoms with Crippen LogP contribution in [0.4, 0.5) is 0 Å². The summed E-state index contributed by atoms with van der Waals surface area (Å²) in [6.45, 7) is 4.50. The summed E-state index contributed by atoms with van der Waals surface area (Å²) in [5.41, 5.74) is 1.99. The van der Waals surface area contributed by atoms with Crippen LogP contribution in [0.5, 0.6) is 0 Å². The van der Waals surface area contributed by atoms with Crippen LogP contribution in [-0.2, 0) is 10.0 Å². The lowest BCUT2D eigenvalue weighted by atomic mass is 10.1. The second-order valence-corrected chi connectivity index (χ2v) is 8.15. The van der Waals surface area contributed by atoms with Crippen molar-refractivity contribution in [1.82, 2.24) is 9.29 Å². The van der Waals surface area contributed by atoms with Gasteiger partial charge < -0.3 is 4.42 Å². The van der Waals surface area contributed by atoms with Gasteiger partial charge in [-0.25, -0.2) is 13.4 Å². The van der Waals surface area contributed by atoms with Crippen LogP contribution in [0, 0.1) is 0 Å². The number of nitrogens with zero attached hydrogens (tertiary/aromatic N) is 2. The maximum atomic E-state index is 13.2. The normalized spacial score (nSPS) is 12.3. The van der Waals surface area contributed by atoms with Crippen molar-refractivity contribution in [1.29, 1.82) is 0 Å². The molecule has 0 aliphatic heterocycles. The van der Waals surface area contributed by atoms with E-state index in [1.807, 2.05) is 68.4 Å². The fourth-order valence-electron chi connectivity index (χ4n) is 3.34. The molecule has 0 saturated heterocycles. The zero-order valence-corrected chi connectivity index (χ0v) is 16.0. The molecule has 5 nitrogen and oxygen atoms in total. The van der Waals surface area contributed by atoms with Crippen molar-refractivity contribution in [2.75, 3.05) is 13.1 Å². The van der Waals surface area contributed by atoms with E-state index in [0.29, 0.717) is 35.5 Å². The van der Waals surface area contributed by atoms with Crippen molar-refractivity contribution < 1.29 is 12.8 Å². The predicted octanol–water partition coefficient (Wildman–Crippen LogP) is 4.68. The van der Waals surface area contributed by atoms with Gasteiger partial charge in [0.15, 0.2) is 5.58 Å². The molecule has 138 valence electrons. The molecule has 3 aromatic carbocycles. The van der Waals surface area contributed by atoms with Gasteiger partial charge in [-0.1, -0.05) is 56.3 Å². The molecule has 0 atom stereocenters. The molecule has 0 saturated carbocycles. The Balaban J connectivity index is 2.03. The van der Waals surface area contributed by atoms with Crippen LogP contribution >= 0.6 is 0 Å². The Morgan fingerprint density at radius 2 is 1.56 bits per heavy atom. The van der Waals surface area contributed by atoms with E-state index in [2.05, 4.69) is 4.98 Å². The molecule has 0 N–H and O–H groups in total. The van der Waals surface area contributed by atoms with Gasteiger partial charge in [-0.3, -0.25) is 0 Å². The lowest BCUT2D eigenvalue weighted by molar-refractivity contribution is 0.446. The van der Waals surface area contributed by atoms with Gasteiger partial charge in [0.2, 0.25) is 15.9 Å². The van der Waals surface area contributed by atoms with Gasteiger partial charge in [0.25, 0.3) is 0 Å². The van der Waals surface area contributed by atoms with E-state index in [1.165, 1.54) is 4.31 Å². The number of hydrogen-bond acceptors (Lipinski definition) is 4. The van der Waals surface area contributed by atoms with E-state index in [1.54, 1.807) is 6.07 Å². The van der Waals surface area contributed by atoms with Gasteiger partial charge in [0.1, 0.15) is 5.52 Å². The molecule has 6 heteroatoms. The largest absolute Gasteiger partial charge is 0.436 e. The summed E-state index contributed by atoms with van der Waals surface area (Å²) < 4.78 is 33.8. The molecule has 1 heterocycles. The van der Waals surface area contributed by atoms with Gasteiger partial charge in [-0.15, -0.1) is 0 Å². The van der Waals surface area contributed by atoms with E-state index in [4.69, 9.17) is 4.42 Å². The zero-order valence-electron chi connectivity index (χ0n) is 15.2. The minimum Gasteiger partial charge on any atom is -0.436 e. The van der Waals surface area contributed by atoms with Gasteiger partial charge >= 0.3 is 0 Å². The number of fused-ring (bicyclic) bond motifs is 3. The molecule has 4 rings (SSSR count). The van der Waals surface area contributed by atoms with Crippen molar-refractivity contribution in [2.24, 2.45) is 0 Å². The average Bonchev–Trinajstić information content (AvgIpc) is 3.13. The molecule has 27 heavy (non-hydrogen) atoms. The minimum absolute atomic E-state index is 0.255. The van der Waals surface area contributed by atoms with Crippen LogP contribution < -0.4 is 0 Å². The SMILES string of the molecule is CCN(CC)S(=O)(=O)c1cc2oc(-c3ccccc3)nc2c2ccccc12. The highest BCUT2D eigenvalue weighted by atomic mass is 32.2. The average molecular weight is 380 g/mol. The summed E-state index contributed by atoms with van der Waals surface area (Å²) in [5.74, 6) is 0.480. The number of sulfonamides is 1. The number of rotatable bonds is 5. The number of aromatic nitrogens is 1. The van der Waals surface area contributed by atoms with Crippen molar-refractivity contribution in [2.45, 2.75) is 18.7 Å². The third-order valence-electron chi connectivity index (χ3n) is 4.71. The minimum atomic E-state index is -3.63. The molecular weight excluding hydrogens is 360 g/mol. The van der Waals surface area contributed by atoms with Crippen LogP contribution in [0.2, 0.25) is 0 Å². The monoisotopic (exact) mass is 380 g/mol. The molecule has 1 aromatic heterocycles. The molecule has 0 unspecified atom stereocenters. The number of hydrogen-bond donors (Lipinski definition) is 0. The highest BCUT2D eigenvalue weighted by Gasteiger charge is 2.26. The van der Waals surface area contributed by atoms with Gasteiger partial charge in [-0.05, 0) is 12.1 Å². The van der Waals surface area contributed by atoms with Crippen LogP contribution in [-0.4, -0.2) is 30.8 Å². The van der Waals surface area contributed by atoms with E-state index < -0.39 is 10.0 Å². The second kappa shape index (κ2) is 6.79. The Hall–Kier alpha value is -2.70. The summed E-state index contributed by atoms with van der Waals surface area (Å²) in [6.07, 6.45) is 0. The van der Waals surface area contributed by atoms with E-state index in [0.717, 1.165) is 10.9 Å². The fraction of sp³-hybridized carbons (Fsp3) is 0.190. The molecule has 4 aromatic rings. The second-order valence-electron chi connectivity index (χ2n) is 6.24. The van der Waals surface area contributed by atoms with Crippen molar-refractivity contribution in [3.05, 3.63) is 60.7 Å². The van der Waals surface area contributed by atoms with Crippen LogP contribution in [0.1, 0.15) is 13.8 Å². The van der Waals surface area contributed by atoms with Gasteiger partial charge in [-0.2, -0.15) is 4.31 Å². The molecule has 0 fully saturated rings. The van der Waals surface area contributed by atoms with E-state index in [9.17, 15) is 8.42 Å². The number of benzene rings is 3. The van der Waals surface area contributed by atoms with Crippen LogP contribution in [0.15, 0.2) is 70.0 Å². The third-order valence-corrected chi connectivity index (χ3v) is 6.80. The smallest absolute Gasteiger partial charge is 0.243 e. The molecule has 0 bridgehead atoms. The first-order valence-electron chi connectivity index (χ1n) is 8.94. The first kappa shape index (κ1) is 17.7. The molecule has 0 radical (unpaired) electrons. The van der Waals surface area contributed by atoms with Gasteiger partial charge in [0.05, 0.1) is 4.90 Å². The molecule has 0 spiro atoms. The summed E-state index contributed by atoms with van der Waals surface area (Å²) in [6, 6.07) is 18.6. The standard InChI is InChI=1S/C21H20N2O3S/c1-3-23(4-2)27(24,25)19-14-18-20(17-13-9-8-12-16(17)19)22-21(26-18)15-10-6-5-7-11-15/h5-14H,3-4H2,1-2H3.